The van der Waals surface area contributed by atoms with E-state index in [1.54, 1.807) is 34.4 Å². The largest absolute Gasteiger partial charge is 0.339 e. The highest BCUT2D eigenvalue weighted by Crippen LogP contribution is 2.24. The molecule has 7 nitrogen and oxygen atoms in total. The van der Waals surface area contributed by atoms with Crippen LogP contribution in [0.15, 0.2) is 70.9 Å². The molecule has 1 aliphatic heterocycles. The molecule has 2 heterocycles. The number of hydrogen-bond acceptors (Lipinski definition) is 6. The Balaban J connectivity index is 1.34. The van der Waals surface area contributed by atoms with Gasteiger partial charge >= 0.3 is 0 Å². The van der Waals surface area contributed by atoms with Gasteiger partial charge in [0.2, 0.25) is 15.9 Å². The van der Waals surface area contributed by atoms with Crippen molar-refractivity contribution in [3.8, 4) is 10.6 Å². The third-order valence-corrected chi connectivity index (χ3v) is 8.31. The minimum atomic E-state index is -3.78. The van der Waals surface area contributed by atoms with Crippen molar-refractivity contribution in [2.24, 2.45) is 5.92 Å². The molecule has 1 fully saturated rings. The Kier molecular flexibility index (Phi) is 7.77. The van der Waals surface area contributed by atoms with Gasteiger partial charge in [-0.15, -0.1) is 11.3 Å². The number of hydrogen-bond donors (Lipinski definition) is 1. The number of carbonyl (C=O) groups excluding carboxylic acids is 1. The van der Waals surface area contributed by atoms with Crippen LogP contribution in [0.2, 0.25) is 0 Å². The van der Waals surface area contributed by atoms with Crippen molar-refractivity contribution in [1.29, 1.82) is 0 Å². The number of carbonyl (C=O) groups is 1. The zero-order chi connectivity index (χ0) is 24.1. The summed E-state index contributed by atoms with van der Waals surface area (Å²) >= 11 is 1.64. The number of amides is 1. The van der Waals surface area contributed by atoms with Crippen LogP contribution in [0.5, 0.6) is 0 Å². The van der Waals surface area contributed by atoms with Gasteiger partial charge in [0.1, 0.15) is 11.0 Å². The molecule has 0 unspecified atom stereocenters. The molecule has 0 bridgehead atoms. The van der Waals surface area contributed by atoms with Crippen molar-refractivity contribution in [3.63, 3.8) is 0 Å². The van der Waals surface area contributed by atoms with E-state index in [1.807, 2.05) is 32.0 Å². The number of piperazine rings is 1. The third-order valence-electron chi connectivity index (χ3n) is 5.91. The normalized spacial score (nSPS) is 16.0. The van der Waals surface area contributed by atoms with Gasteiger partial charge in [-0.3, -0.25) is 9.69 Å². The molecule has 3 aromatic rings. The van der Waals surface area contributed by atoms with Crippen molar-refractivity contribution < 1.29 is 13.2 Å². The molecule has 34 heavy (non-hydrogen) atoms. The molecule has 0 saturated carbocycles. The first-order chi connectivity index (χ1) is 16.3. The second-order valence-electron chi connectivity index (χ2n) is 8.77. The average Bonchev–Trinajstić information content (AvgIpc) is 3.32. The molecule has 1 aromatic heterocycles. The second-order valence-corrected chi connectivity index (χ2v) is 11.3. The van der Waals surface area contributed by atoms with Crippen molar-refractivity contribution >= 4 is 27.3 Å². The molecule has 9 heteroatoms. The van der Waals surface area contributed by atoms with Crippen LogP contribution in [0.1, 0.15) is 19.5 Å². The van der Waals surface area contributed by atoms with Gasteiger partial charge in [-0.1, -0.05) is 62.4 Å². The maximum absolute atomic E-state index is 13.2. The topological polar surface area (TPSA) is 82.6 Å². The van der Waals surface area contributed by atoms with Gasteiger partial charge < -0.3 is 4.90 Å². The fourth-order valence-electron chi connectivity index (χ4n) is 3.95. The Morgan fingerprint density at radius 3 is 2.24 bits per heavy atom. The van der Waals surface area contributed by atoms with Crippen molar-refractivity contribution in [3.05, 3.63) is 71.7 Å². The predicted octanol–water partition coefficient (Wildman–Crippen LogP) is 3.46. The number of aromatic nitrogens is 1. The van der Waals surface area contributed by atoms with E-state index in [4.69, 9.17) is 4.98 Å². The Hall–Kier alpha value is -2.59. The molecule has 4 rings (SSSR count). The first-order valence-corrected chi connectivity index (χ1v) is 13.8. The smallest absolute Gasteiger partial charge is 0.241 e. The number of nitrogens with one attached hydrogen (secondary N) is 1. The summed E-state index contributed by atoms with van der Waals surface area (Å²) < 4.78 is 28.2. The molecule has 1 atom stereocenters. The first-order valence-electron chi connectivity index (χ1n) is 11.4. The average molecular weight is 499 g/mol. The molecular formula is C25H30N4O3S2. The van der Waals surface area contributed by atoms with Crippen molar-refractivity contribution in [2.45, 2.75) is 31.3 Å². The highest BCUT2D eigenvalue weighted by molar-refractivity contribution is 7.89. The lowest BCUT2D eigenvalue weighted by atomic mass is 10.0. The number of rotatable bonds is 8. The lowest BCUT2D eigenvalue weighted by molar-refractivity contribution is -0.135. The molecule has 1 saturated heterocycles. The fourth-order valence-corrected chi connectivity index (χ4v) is 6.13. The van der Waals surface area contributed by atoms with Crippen LogP contribution >= 0.6 is 11.3 Å². The van der Waals surface area contributed by atoms with Crippen molar-refractivity contribution in [2.75, 3.05) is 26.2 Å². The summed E-state index contributed by atoms with van der Waals surface area (Å²) in [5.74, 6) is -0.343. The molecule has 0 radical (unpaired) electrons. The number of thiazole rings is 1. The quantitative estimate of drug-likeness (QED) is 0.514. The second kappa shape index (κ2) is 10.8. The van der Waals surface area contributed by atoms with E-state index in [0.717, 1.165) is 35.9 Å². The Bertz CT molecular complexity index is 1190. The van der Waals surface area contributed by atoms with Crippen LogP contribution in [0, 0.1) is 5.92 Å². The van der Waals surface area contributed by atoms with E-state index in [9.17, 15) is 13.2 Å². The summed E-state index contributed by atoms with van der Waals surface area (Å²) in [6.45, 7) is 7.02. The number of benzene rings is 2. The Morgan fingerprint density at radius 2 is 1.62 bits per heavy atom. The number of nitrogens with zero attached hydrogens (tertiary/aromatic N) is 3. The van der Waals surface area contributed by atoms with Gasteiger partial charge in [-0.05, 0) is 18.1 Å². The molecule has 0 aliphatic carbocycles. The summed E-state index contributed by atoms with van der Waals surface area (Å²) in [6, 6.07) is 17.5. The minimum absolute atomic E-state index is 0.163. The highest BCUT2D eigenvalue weighted by Gasteiger charge is 2.33. The van der Waals surface area contributed by atoms with Gasteiger partial charge in [0.25, 0.3) is 0 Å². The molecular weight excluding hydrogens is 468 g/mol. The summed E-state index contributed by atoms with van der Waals surface area (Å²) in [7, 11) is -3.78. The van der Waals surface area contributed by atoms with E-state index in [0.29, 0.717) is 13.1 Å². The van der Waals surface area contributed by atoms with E-state index in [2.05, 4.69) is 27.1 Å². The monoisotopic (exact) mass is 498 g/mol. The maximum Gasteiger partial charge on any atom is 0.241 e. The van der Waals surface area contributed by atoms with E-state index < -0.39 is 16.1 Å². The lowest BCUT2D eigenvalue weighted by Gasteiger charge is -2.37. The molecule has 1 N–H and O–H groups in total. The summed E-state index contributed by atoms with van der Waals surface area (Å²) in [5, 5.41) is 3.10. The van der Waals surface area contributed by atoms with Crippen LogP contribution in [-0.4, -0.2) is 61.3 Å². The summed E-state index contributed by atoms with van der Waals surface area (Å²) in [5.41, 5.74) is 2.14. The summed E-state index contributed by atoms with van der Waals surface area (Å²) in [4.78, 5) is 22.2. The molecule has 1 aliphatic rings. The molecule has 2 aromatic carbocycles. The van der Waals surface area contributed by atoms with Crippen LogP contribution in [0.4, 0.5) is 0 Å². The molecule has 0 spiro atoms. The third kappa shape index (κ3) is 5.90. The predicted molar refractivity (Wildman–Crippen MR) is 135 cm³/mol. The zero-order valence-electron chi connectivity index (χ0n) is 19.4. The summed E-state index contributed by atoms with van der Waals surface area (Å²) in [6.07, 6.45) is 0. The van der Waals surface area contributed by atoms with Crippen LogP contribution in [0.25, 0.3) is 10.6 Å². The number of sulfonamides is 1. The first kappa shape index (κ1) is 24.5. The minimum Gasteiger partial charge on any atom is -0.339 e. The van der Waals surface area contributed by atoms with Gasteiger partial charge in [0, 0.05) is 43.7 Å². The van der Waals surface area contributed by atoms with Crippen molar-refractivity contribution in [1.82, 2.24) is 19.5 Å². The van der Waals surface area contributed by atoms with Crippen LogP contribution in [-0.2, 0) is 21.4 Å². The van der Waals surface area contributed by atoms with Gasteiger partial charge in [0.15, 0.2) is 0 Å². The maximum atomic E-state index is 13.2. The lowest BCUT2D eigenvalue weighted by Crippen LogP contribution is -2.56. The Morgan fingerprint density at radius 1 is 1.00 bits per heavy atom. The van der Waals surface area contributed by atoms with Gasteiger partial charge in [0.05, 0.1) is 10.6 Å². The SMILES string of the molecule is CC(C)[C@H](NS(=O)(=O)c1ccccc1)C(=O)N1CCN(Cc2csc(-c3ccccc3)n2)CC1. The van der Waals surface area contributed by atoms with E-state index in [-0.39, 0.29) is 16.7 Å². The standard InChI is InChI=1S/C25H30N4O3S2/c1-19(2)23(27-34(31,32)22-11-7-4-8-12-22)25(30)29-15-13-28(14-16-29)17-21-18-33-24(26-21)20-9-5-3-6-10-20/h3-12,18-19,23,27H,13-17H2,1-2H3/t23-/m0/s1. The van der Waals surface area contributed by atoms with Crippen LogP contribution < -0.4 is 4.72 Å². The fraction of sp³-hybridized carbons (Fsp3) is 0.360. The van der Waals surface area contributed by atoms with Crippen LogP contribution in [0.3, 0.4) is 0 Å². The Labute approximate surface area is 205 Å². The zero-order valence-corrected chi connectivity index (χ0v) is 21.1. The highest BCUT2D eigenvalue weighted by atomic mass is 32.2. The molecule has 1 amide bonds. The van der Waals surface area contributed by atoms with E-state index >= 15 is 0 Å². The molecule has 180 valence electrons. The van der Waals surface area contributed by atoms with Gasteiger partial charge in [-0.2, -0.15) is 4.72 Å². The van der Waals surface area contributed by atoms with E-state index in [1.165, 1.54) is 12.1 Å². The van der Waals surface area contributed by atoms with Gasteiger partial charge in [-0.25, -0.2) is 13.4 Å².